The smallest absolute Gasteiger partial charge is 0.275 e. The first-order valence-corrected chi connectivity index (χ1v) is 7.34. The van der Waals surface area contributed by atoms with E-state index in [4.69, 9.17) is 9.84 Å². The van der Waals surface area contributed by atoms with Crippen molar-refractivity contribution < 1.29 is 14.8 Å². The van der Waals surface area contributed by atoms with Crippen molar-refractivity contribution in [3.63, 3.8) is 0 Å². The summed E-state index contributed by atoms with van der Waals surface area (Å²) in [7, 11) is 0. The van der Waals surface area contributed by atoms with Crippen LogP contribution in [-0.4, -0.2) is 29.3 Å². The van der Waals surface area contributed by atoms with E-state index < -0.39 is 4.92 Å². The van der Waals surface area contributed by atoms with Crippen molar-refractivity contribution in [1.82, 2.24) is 0 Å². The number of hydrogen-bond acceptors (Lipinski definition) is 5. The Morgan fingerprint density at radius 3 is 2.57 bits per heavy atom. The summed E-state index contributed by atoms with van der Waals surface area (Å²) in [5.74, 6) is 0.502. The topological polar surface area (TPSA) is 84.6 Å². The number of nitrogens with zero attached hydrogens (tertiary/aromatic N) is 1. The highest BCUT2D eigenvalue weighted by Crippen LogP contribution is 2.26. The van der Waals surface area contributed by atoms with Gasteiger partial charge in [-0.2, -0.15) is 0 Å². The Kier molecular flexibility index (Phi) is 7.53. The quantitative estimate of drug-likeness (QED) is 0.393. The molecule has 1 aromatic rings. The van der Waals surface area contributed by atoms with Gasteiger partial charge >= 0.3 is 0 Å². The van der Waals surface area contributed by atoms with Gasteiger partial charge in [-0.15, -0.1) is 0 Å². The van der Waals surface area contributed by atoms with Crippen molar-refractivity contribution in [2.24, 2.45) is 0 Å². The second-order valence-corrected chi connectivity index (χ2v) is 5.20. The number of hydrogen-bond donors (Lipinski definition) is 2. The molecule has 0 saturated heterocycles. The van der Waals surface area contributed by atoms with Gasteiger partial charge in [0.1, 0.15) is 5.75 Å². The number of unbranched alkanes of at least 4 members (excludes halogenated alkanes) is 3. The number of benzene rings is 1. The van der Waals surface area contributed by atoms with Crippen LogP contribution >= 0.6 is 0 Å². The van der Waals surface area contributed by atoms with E-state index in [1.165, 1.54) is 12.1 Å². The molecule has 2 N–H and O–H groups in total. The molecule has 0 unspecified atom stereocenters. The number of ether oxygens (including phenoxy) is 1. The molecule has 0 atom stereocenters. The van der Waals surface area contributed by atoms with Gasteiger partial charge in [-0.05, 0) is 26.7 Å². The highest BCUT2D eigenvalue weighted by atomic mass is 16.6. The summed E-state index contributed by atoms with van der Waals surface area (Å²) in [6.45, 7) is 4.74. The predicted molar refractivity (Wildman–Crippen MR) is 82.9 cm³/mol. The molecule has 0 aliphatic heterocycles. The van der Waals surface area contributed by atoms with Gasteiger partial charge in [0.2, 0.25) is 0 Å². The second-order valence-electron chi connectivity index (χ2n) is 5.20. The van der Waals surface area contributed by atoms with Crippen LogP contribution < -0.4 is 10.1 Å². The van der Waals surface area contributed by atoms with E-state index >= 15 is 0 Å². The zero-order chi connectivity index (χ0) is 15.7. The molecule has 0 bridgehead atoms. The zero-order valence-electron chi connectivity index (χ0n) is 12.7. The van der Waals surface area contributed by atoms with Crippen LogP contribution in [0.3, 0.4) is 0 Å². The Morgan fingerprint density at radius 2 is 1.95 bits per heavy atom. The van der Waals surface area contributed by atoms with Gasteiger partial charge in [-0.3, -0.25) is 10.1 Å². The maximum atomic E-state index is 10.9. The van der Waals surface area contributed by atoms with E-state index in [9.17, 15) is 10.1 Å². The molecule has 0 aliphatic carbocycles. The summed E-state index contributed by atoms with van der Waals surface area (Å²) in [6.07, 6.45) is 3.78. The molecule has 0 amide bonds. The monoisotopic (exact) mass is 296 g/mol. The molecule has 6 heteroatoms. The number of non-ortho nitro benzene ring substituents is 1. The Balaban J connectivity index is 2.59. The van der Waals surface area contributed by atoms with Crippen molar-refractivity contribution in [2.45, 2.75) is 45.6 Å². The van der Waals surface area contributed by atoms with Crippen LogP contribution in [0.15, 0.2) is 18.2 Å². The average Bonchev–Trinajstić information content (AvgIpc) is 2.41. The Bertz CT molecular complexity index is 449. The van der Waals surface area contributed by atoms with Gasteiger partial charge in [0.15, 0.2) is 0 Å². The standard InChI is InChI=1S/C15H24N2O4/c1-12(2)21-15-10-13(9-14(11-15)17(19)20)16-7-5-3-4-6-8-18/h9-12,16,18H,3-8H2,1-2H3. The van der Waals surface area contributed by atoms with E-state index in [0.29, 0.717) is 11.4 Å². The summed E-state index contributed by atoms with van der Waals surface area (Å²) >= 11 is 0. The Labute approximate surface area is 125 Å². The Morgan fingerprint density at radius 1 is 1.24 bits per heavy atom. The number of nitro groups is 1. The van der Waals surface area contributed by atoms with Crippen LogP contribution in [0, 0.1) is 10.1 Å². The lowest BCUT2D eigenvalue weighted by Crippen LogP contribution is -2.07. The van der Waals surface area contributed by atoms with Crippen LogP contribution in [-0.2, 0) is 0 Å². The molecule has 0 radical (unpaired) electrons. The van der Waals surface area contributed by atoms with Crippen LogP contribution in [0.4, 0.5) is 11.4 Å². The van der Waals surface area contributed by atoms with Crippen molar-refractivity contribution >= 4 is 11.4 Å². The molecular weight excluding hydrogens is 272 g/mol. The molecule has 0 heterocycles. The summed E-state index contributed by atoms with van der Waals surface area (Å²) in [4.78, 5) is 10.5. The Hall–Kier alpha value is -1.82. The number of aliphatic hydroxyl groups excluding tert-OH is 1. The molecule has 6 nitrogen and oxygen atoms in total. The summed E-state index contributed by atoms with van der Waals surface area (Å²) in [5.41, 5.74) is 0.720. The molecule has 0 aliphatic rings. The molecule has 118 valence electrons. The lowest BCUT2D eigenvalue weighted by atomic mass is 10.2. The summed E-state index contributed by atoms with van der Waals surface area (Å²) in [6, 6.07) is 4.73. The molecule has 0 fully saturated rings. The van der Waals surface area contributed by atoms with E-state index in [1.54, 1.807) is 6.07 Å². The van der Waals surface area contributed by atoms with E-state index in [1.807, 2.05) is 13.8 Å². The van der Waals surface area contributed by atoms with Gasteiger partial charge in [0.05, 0.1) is 17.1 Å². The number of anilines is 1. The van der Waals surface area contributed by atoms with Crippen molar-refractivity contribution in [3.05, 3.63) is 28.3 Å². The van der Waals surface area contributed by atoms with Crippen molar-refractivity contribution in [3.8, 4) is 5.75 Å². The summed E-state index contributed by atoms with van der Waals surface area (Å²) in [5, 5.41) is 22.8. The fourth-order valence-electron chi connectivity index (χ4n) is 1.95. The van der Waals surface area contributed by atoms with E-state index in [0.717, 1.165) is 32.2 Å². The number of nitrogens with one attached hydrogen (secondary N) is 1. The number of nitro benzene ring substituents is 1. The third kappa shape index (κ3) is 6.94. The van der Waals surface area contributed by atoms with Crippen LogP contribution in [0.1, 0.15) is 39.5 Å². The van der Waals surface area contributed by atoms with Gasteiger partial charge in [0.25, 0.3) is 5.69 Å². The van der Waals surface area contributed by atoms with Gasteiger partial charge < -0.3 is 15.2 Å². The molecule has 1 aromatic carbocycles. The zero-order valence-corrected chi connectivity index (χ0v) is 12.7. The van der Waals surface area contributed by atoms with Crippen molar-refractivity contribution in [1.29, 1.82) is 0 Å². The summed E-state index contributed by atoms with van der Waals surface area (Å²) < 4.78 is 5.53. The van der Waals surface area contributed by atoms with Crippen LogP contribution in [0.5, 0.6) is 5.75 Å². The molecule has 0 aromatic heterocycles. The minimum Gasteiger partial charge on any atom is -0.491 e. The minimum absolute atomic E-state index is 0.0240. The lowest BCUT2D eigenvalue weighted by molar-refractivity contribution is -0.384. The second kappa shape index (κ2) is 9.18. The average molecular weight is 296 g/mol. The third-order valence-corrected chi connectivity index (χ3v) is 2.89. The maximum Gasteiger partial charge on any atom is 0.275 e. The normalized spacial score (nSPS) is 10.7. The van der Waals surface area contributed by atoms with E-state index in [-0.39, 0.29) is 18.4 Å². The van der Waals surface area contributed by atoms with Crippen molar-refractivity contribution in [2.75, 3.05) is 18.5 Å². The maximum absolute atomic E-state index is 10.9. The SMILES string of the molecule is CC(C)Oc1cc(NCCCCCCO)cc([N+](=O)[O-])c1. The molecule has 0 saturated carbocycles. The van der Waals surface area contributed by atoms with E-state index in [2.05, 4.69) is 5.32 Å². The highest BCUT2D eigenvalue weighted by Gasteiger charge is 2.11. The minimum atomic E-state index is -0.417. The van der Waals surface area contributed by atoms with Gasteiger partial charge in [-0.1, -0.05) is 12.8 Å². The first kappa shape index (κ1) is 17.2. The lowest BCUT2D eigenvalue weighted by Gasteiger charge is -2.12. The fraction of sp³-hybridized carbons (Fsp3) is 0.600. The highest BCUT2D eigenvalue weighted by molar-refractivity contribution is 5.56. The first-order valence-electron chi connectivity index (χ1n) is 7.34. The van der Waals surface area contributed by atoms with Crippen LogP contribution in [0.25, 0.3) is 0 Å². The van der Waals surface area contributed by atoms with Crippen LogP contribution in [0.2, 0.25) is 0 Å². The molecular formula is C15H24N2O4. The number of aliphatic hydroxyl groups is 1. The molecule has 0 spiro atoms. The number of rotatable bonds is 10. The third-order valence-electron chi connectivity index (χ3n) is 2.89. The first-order chi connectivity index (χ1) is 10.0. The largest absolute Gasteiger partial charge is 0.491 e. The molecule has 21 heavy (non-hydrogen) atoms. The predicted octanol–water partition coefficient (Wildman–Crippen LogP) is 3.35. The fourth-order valence-corrected chi connectivity index (χ4v) is 1.95. The molecule has 1 rings (SSSR count). The van der Waals surface area contributed by atoms with Gasteiger partial charge in [0, 0.05) is 31.0 Å². The van der Waals surface area contributed by atoms with Gasteiger partial charge in [-0.25, -0.2) is 0 Å².